The molecule has 0 bridgehead atoms. The molecule has 0 fully saturated rings. The summed E-state index contributed by atoms with van der Waals surface area (Å²) in [7, 11) is 1.62. The molecule has 1 unspecified atom stereocenters. The molecule has 2 nitrogen and oxygen atoms in total. The van der Waals surface area contributed by atoms with Crippen LogP contribution in [0.15, 0.2) is 28.7 Å². The third-order valence-corrected chi connectivity index (χ3v) is 3.42. The molecule has 3 heteroatoms. The average molecular weight is 287 g/mol. The number of benzene rings is 1. The lowest BCUT2D eigenvalue weighted by Crippen LogP contribution is -2.42. The van der Waals surface area contributed by atoms with E-state index in [2.05, 4.69) is 15.9 Å². The fourth-order valence-electron chi connectivity index (χ4n) is 1.63. The van der Waals surface area contributed by atoms with E-state index in [4.69, 9.17) is 4.74 Å². The number of rotatable bonds is 5. The van der Waals surface area contributed by atoms with Crippen molar-refractivity contribution in [3.8, 4) is 0 Å². The van der Waals surface area contributed by atoms with Crippen molar-refractivity contribution < 1.29 is 9.84 Å². The quantitative estimate of drug-likeness (QED) is 0.902. The Morgan fingerprint density at radius 3 is 2.31 bits per heavy atom. The van der Waals surface area contributed by atoms with Crippen LogP contribution in [-0.4, -0.2) is 24.4 Å². The molecule has 0 aliphatic rings. The van der Waals surface area contributed by atoms with E-state index in [-0.39, 0.29) is 5.92 Å². The van der Waals surface area contributed by atoms with Gasteiger partial charge in [-0.2, -0.15) is 0 Å². The van der Waals surface area contributed by atoms with Crippen LogP contribution in [0.3, 0.4) is 0 Å². The highest BCUT2D eigenvalue weighted by atomic mass is 79.9. The van der Waals surface area contributed by atoms with Gasteiger partial charge in [0.2, 0.25) is 0 Å². The van der Waals surface area contributed by atoms with Gasteiger partial charge in [-0.3, -0.25) is 0 Å². The number of hydrogen-bond donors (Lipinski definition) is 1. The summed E-state index contributed by atoms with van der Waals surface area (Å²) < 4.78 is 6.16. The van der Waals surface area contributed by atoms with Crippen LogP contribution in [-0.2, 0) is 11.2 Å². The van der Waals surface area contributed by atoms with Crippen LogP contribution < -0.4 is 0 Å². The summed E-state index contributed by atoms with van der Waals surface area (Å²) in [6, 6.07) is 8.02. The Morgan fingerprint density at radius 2 is 1.88 bits per heavy atom. The van der Waals surface area contributed by atoms with Gasteiger partial charge < -0.3 is 9.84 Å². The van der Waals surface area contributed by atoms with Crippen molar-refractivity contribution in [2.45, 2.75) is 25.9 Å². The molecule has 0 aliphatic carbocycles. The topological polar surface area (TPSA) is 29.5 Å². The summed E-state index contributed by atoms with van der Waals surface area (Å²) in [6.07, 6.45) is 0.617. The van der Waals surface area contributed by atoms with Crippen LogP contribution in [0.2, 0.25) is 0 Å². The van der Waals surface area contributed by atoms with Crippen LogP contribution in [0.25, 0.3) is 0 Å². The van der Waals surface area contributed by atoms with Gasteiger partial charge in [0.25, 0.3) is 0 Å². The smallest absolute Gasteiger partial charge is 0.0942 e. The van der Waals surface area contributed by atoms with Gasteiger partial charge in [-0.1, -0.05) is 41.9 Å². The summed E-state index contributed by atoms with van der Waals surface area (Å²) in [6.45, 7) is 4.39. The molecule has 0 spiro atoms. The molecule has 1 N–H and O–H groups in total. The highest BCUT2D eigenvalue weighted by Crippen LogP contribution is 2.23. The van der Waals surface area contributed by atoms with Gasteiger partial charge in [0.15, 0.2) is 0 Å². The molecule has 16 heavy (non-hydrogen) atoms. The van der Waals surface area contributed by atoms with E-state index in [0.717, 1.165) is 10.0 Å². The molecule has 0 heterocycles. The number of methoxy groups -OCH3 is 1. The van der Waals surface area contributed by atoms with Gasteiger partial charge in [0, 0.05) is 18.0 Å². The van der Waals surface area contributed by atoms with E-state index in [1.165, 1.54) is 0 Å². The largest absolute Gasteiger partial charge is 0.387 e. The maximum atomic E-state index is 10.5. The van der Waals surface area contributed by atoms with Crippen LogP contribution >= 0.6 is 15.9 Å². The summed E-state index contributed by atoms with van der Waals surface area (Å²) in [5, 5.41) is 10.5. The van der Waals surface area contributed by atoms with Gasteiger partial charge in [-0.05, 0) is 23.6 Å². The van der Waals surface area contributed by atoms with Crippen LogP contribution in [0.1, 0.15) is 19.4 Å². The molecule has 1 rings (SSSR count). The van der Waals surface area contributed by atoms with Crippen molar-refractivity contribution in [1.82, 2.24) is 0 Å². The molecule has 0 amide bonds. The third kappa shape index (κ3) is 3.58. The molecule has 1 aromatic rings. The Labute approximate surface area is 106 Å². The second kappa shape index (κ2) is 5.80. The third-order valence-electron chi connectivity index (χ3n) is 2.89. The van der Waals surface area contributed by atoms with Gasteiger partial charge in [0.1, 0.15) is 0 Å². The standard InChI is InChI=1S/C13H19BrO2/c1-10(2)13(15,9-16-3)8-11-4-6-12(14)7-5-11/h4-7,10,15H,8-9H2,1-3H3. The lowest BCUT2D eigenvalue weighted by Gasteiger charge is -2.31. The maximum Gasteiger partial charge on any atom is 0.0942 e. The minimum Gasteiger partial charge on any atom is -0.387 e. The van der Waals surface area contributed by atoms with Crippen LogP contribution in [0.5, 0.6) is 0 Å². The van der Waals surface area contributed by atoms with Crippen LogP contribution in [0, 0.1) is 5.92 Å². The molecule has 0 saturated carbocycles. The van der Waals surface area contributed by atoms with Crippen molar-refractivity contribution >= 4 is 15.9 Å². The monoisotopic (exact) mass is 286 g/mol. The van der Waals surface area contributed by atoms with E-state index in [1.807, 2.05) is 38.1 Å². The molecule has 0 saturated heterocycles. The minimum atomic E-state index is -0.789. The SMILES string of the molecule is COCC(O)(Cc1ccc(Br)cc1)C(C)C. The fraction of sp³-hybridized carbons (Fsp3) is 0.538. The van der Waals surface area contributed by atoms with E-state index in [0.29, 0.717) is 13.0 Å². The Kier molecular flexibility index (Phi) is 4.96. The first-order valence-corrected chi connectivity index (χ1v) is 6.23. The van der Waals surface area contributed by atoms with Crippen molar-refractivity contribution in [2.75, 3.05) is 13.7 Å². The first-order chi connectivity index (χ1) is 7.48. The van der Waals surface area contributed by atoms with Crippen molar-refractivity contribution in [3.05, 3.63) is 34.3 Å². The average Bonchev–Trinajstić information content (AvgIpc) is 2.22. The summed E-state index contributed by atoms with van der Waals surface area (Å²) in [5.74, 6) is 0.163. The van der Waals surface area contributed by atoms with Gasteiger partial charge >= 0.3 is 0 Å². The van der Waals surface area contributed by atoms with E-state index in [1.54, 1.807) is 7.11 Å². The number of aliphatic hydroxyl groups is 1. The molecule has 1 aromatic carbocycles. The highest BCUT2D eigenvalue weighted by Gasteiger charge is 2.31. The minimum absolute atomic E-state index is 0.163. The van der Waals surface area contributed by atoms with E-state index in [9.17, 15) is 5.11 Å². The predicted molar refractivity (Wildman–Crippen MR) is 69.5 cm³/mol. The molecule has 90 valence electrons. The summed E-state index contributed by atoms with van der Waals surface area (Å²) in [5.41, 5.74) is 0.333. The van der Waals surface area contributed by atoms with Gasteiger partial charge in [-0.15, -0.1) is 0 Å². The molecular weight excluding hydrogens is 268 g/mol. The first-order valence-electron chi connectivity index (χ1n) is 5.43. The lowest BCUT2D eigenvalue weighted by molar-refractivity contribution is -0.0637. The molecule has 0 aromatic heterocycles. The molecular formula is C13H19BrO2. The van der Waals surface area contributed by atoms with E-state index >= 15 is 0 Å². The zero-order valence-electron chi connectivity index (χ0n) is 10.0. The molecule has 0 aliphatic heterocycles. The molecule has 0 radical (unpaired) electrons. The van der Waals surface area contributed by atoms with Crippen molar-refractivity contribution in [1.29, 1.82) is 0 Å². The second-order valence-electron chi connectivity index (χ2n) is 4.49. The zero-order chi connectivity index (χ0) is 12.2. The first kappa shape index (κ1) is 13.7. The second-order valence-corrected chi connectivity index (χ2v) is 5.41. The summed E-state index contributed by atoms with van der Waals surface area (Å²) in [4.78, 5) is 0. The number of halogens is 1. The van der Waals surface area contributed by atoms with Crippen molar-refractivity contribution in [2.24, 2.45) is 5.92 Å². The van der Waals surface area contributed by atoms with Gasteiger partial charge in [-0.25, -0.2) is 0 Å². The lowest BCUT2D eigenvalue weighted by atomic mass is 9.85. The number of ether oxygens (including phenoxy) is 1. The predicted octanol–water partition coefficient (Wildman–Crippen LogP) is 3.03. The maximum absolute atomic E-state index is 10.5. The Morgan fingerprint density at radius 1 is 1.31 bits per heavy atom. The molecule has 1 atom stereocenters. The number of hydrogen-bond acceptors (Lipinski definition) is 2. The van der Waals surface area contributed by atoms with Gasteiger partial charge in [0.05, 0.1) is 12.2 Å². The Hall–Kier alpha value is -0.380. The zero-order valence-corrected chi connectivity index (χ0v) is 11.6. The van der Waals surface area contributed by atoms with Crippen molar-refractivity contribution in [3.63, 3.8) is 0 Å². The normalized spacial score (nSPS) is 15.1. The Balaban J connectivity index is 2.79. The Bertz CT molecular complexity index is 321. The fourth-order valence-corrected chi connectivity index (χ4v) is 1.89. The summed E-state index contributed by atoms with van der Waals surface area (Å²) >= 11 is 3.40. The van der Waals surface area contributed by atoms with Crippen LogP contribution in [0.4, 0.5) is 0 Å². The van der Waals surface area contributed by atoms with E-state index < -0.39 is 5.60 Å². The highest BCUT2D eigenvalue weighted by molar-refractivity contribution is 9.10.